The van der Waals surface area contributed by atoms with Crippen molar-refractivity contribution in [3.8, 4) is 22.6 Å². The number of allylic oxidation sites excluding steroid dienone is 4. The van der Waals surface area contributed by atoms with E-state index in [0.717, 1.165) is 35.0 Å². The molecule has 2 nitrogen and oxygen atoms in total. The summed E-state index contributed by atoms with van der Waals surface area (Å²) in [7, 11) is 0. The van der Waals surface area contributed by atoms with Crippen LogP contribution in [-0.2, 0) is 5.41 Å². The summed E-state index contributed by atoms with van der Waals surface area (Å²) >= 11 is 0. The Balaban J connectivity index is 1.37. The molecular weight excluding hydrogens is 510 g/mol. The number of nitrogens with zero attached hydrogens (tertiary/aromatic N) is 1. The lowest BCUT2D eigenvalue weighted by Crippen LogP contribution is -2.29. The Morgan fingerprint density at radius 2 is 1.24 bits per heavy atom. The Bertz CT molecular complexity index is 1950. The van der Waals surface area contributed by atoms with Crippen LogP contribution in [0.3, 0.4) is 0 Å². The van der Waals surface area contributed by atoms with E-state index in [1.165, 1.54) is 50.1 Å². The summed E-state index contributed by atoms with van der Waals surface area (Å²) in [6.45, 7) is 6.82. The maximum Gasteiger partial charge on any atom is 0.151 e. The Labute approximate surface area is 247 Å². The molecule has 1 heterocycles. The molecule has 9 rings (SSSR count). The molecule has 0 N–H and O–H groups in total. The van der Waals surface area contributed by atoms with Gasteiger partial charge in [0, 0.05) is 5.69 Å². The summed E-state index contributed by atoms with van der Waals surface area (Å²) in [4.78, 5) is 2.38. The average molecular weight is 542 g/mol. The van der Waals surface area contributed by atoms with Crippen molar-refractivity contribution in [1.82, 2.24) is 0 Å². The molecule has 0 fully saturated rings. The third-order valence-electron chi connectivity index (χ3n) is 9.73. The maximum atomic E-state index is 6.36. The van der Waals surface area contributed by atoms with Gasteiger partial charge >= 0.3 is 0 Å². The minimum absolute atomic E-state index is 0.312. The van der Waals surface area contributed by atoms with Crippen LogP contribution in [0.15, 0.2) is 121 Å². The minimum atomic E-state index is -0.312. The lowest BCUT2D eigenvalue weighted by molar-refractivity contribution is 0.477. The summed E-state index contributed by atoms with van der Waals surface area (Å²) < 4.78 is 6.36. The van der Waals surface area contributed by atoms with Gasteiger partial charge in [-0.1, -0.05) is 96.9 Å². The number of fused-ring (bicyclic) bond motifs is 11. The first-order valence-electron chi connectivity index (χ1n) is 15.0. The zero-order valence-electron chi connectivity index (χ0n) is 24.1. The molecule has 5 aromatic rings. The number of rotatable bonds is 1. The minimum Gasteiger partial charge on any atom is -0.453 e. The van der Waals surface area contributed by atoms with E-state index in [9.17, 15) is 0 Å². The van der Waals surface area contributed by atoms with Crippen LogP contribution >= 0.6 is 0 Å². The first-order valence-corrected chi connectivity index (χ1v) is 15.0. The average Bonchev–Trinajstić information content (AvgIpc) is 3.45. The fraction of sp³-hybridized carbons (Fsp3) is 0.150. The molecule has 0 saturated carbocycles. The number of hydrogen-bond donors (Lipinski definition) is 0. The van der Waals surface area contributed by atoms with Gasteiger partial charge in [0.1, 0.15) is 0 Å². The number of hydrogen-bond acceptors (Lipinski definition) is 2. The highest BCUT2D eigenvalue weighted by molar-refractivity contribution is 5.98. The topological polar surface area (TPSA) is 12.5 Å². The summed E-state index contributed by atoms with van der Waals surface area (Å²) in [5.41, 5.74) is 16.9. The molecule has 0 bridgehead atoms. The van der Waals surface area contributed by atoms with Crippen LogP contribution in [-0.4, -0.2) is 0 Å². The van der Waals surface area contributed by atoms with E-state index in [1.54, 1.807) is 5.57 Å². The Morgan fingerprint density at radius 3 is 1.88 bits per heavy atom. The SMILES string of the molecule is Cc1ccc2c(c1)C1(C3=C(C=CC(C)C3)c3ccc(N4c5ccccc5Oc5ccccc54)cc31)c1cc(C)ccc1-2. The smallest absolute Gasteiger partial charge is 0.151 e. The predicted octanol–water partition coefficient (Wildman–Crippen LogP) is 10.6. The quantitative estimate of drug-likeness (QED) is 0.205. The highest BCUT2D eigenvalue weighted by atomic mass is 16.5. The van der Waals surface area contributed by atoms with Crippen LogP contribution in [0.5, 0.6) is 11.5 Å². The van der Waals surface area contributed by atoms with Crippen LogP contribution in [0.4, 0.5) is 17.1 Å². The molecule has 1 atom stereocenters. The number of para-hydroxylation sites is 4. The van der Waals surface area contributed by atoms with E-state index in [0.29, 0.717) is 5.92 Å². The number of ether oxygens (including phenoxy) is 1. The second kappa shape index (κ2) is 8.36. The second-order valence-electron chi connectivity index (χ2n) is 12.4. The van der Waals surface area contributed by atoms with Gasteiger partial charge in [-0.25, -0.2) is 0 Å². The first kappa shape index (κ1) is 23.8. The summed E-state index contributed by atoms with van der Waals surface area (Å²) in [5, 5.41) is 0. The molecular formula is C40H31NO. The van der Waals surface area contributed by atoms with Crippen LogP contribution in [0.25, 0.3) is 16.7 Å². The zero-order chi connectivity index (χ0) is 28.2. The molecule has 3 aliphatic carbocycles. The van der Waals surface area contributed by atoms with E-state index < -0.39 is 0 Å². The molecule has 1 spiro atoms. The van der Waals surface area contributed by atoms with Gasteiger partial charge < -0.3 is 9.64 Å². The van der Waals surface area contributed by atoms with E-state index in [4.69, 9.17) is 4.74 Å². The normalized spacial score (nSPS) is 18.2. The number of benzene rings is 5. The number of aryl methyl sites for hydroxylation is 2. The second-order valence-corrected chi connectivity index (χ2v) is 12.4. The van der Waals surface area contributed by atoms with Gasteiger partial charge in [-0.2, -0.15) is 0 Å². The van der Waals surface area contributed by atoms with Gasteiger partial charge in [-0.05, 0) is 107 Å². The zero-order valence-corrected chi connectivity index (χ0v) is 24.1. The molecule has 0 saturated heterocycles. The maximum absolute atomic E-state index is 6.36. The van der Waals surface area contributed by atoms with E-state index >= 15 is 0 Å². The molecule has 5 aromatic carbocycles. The fourth-order valence-electron chi connectivity index (χ4n) is 8.00. The fourth-order valence-corrected chi connectivity index (χ4v) is 8.00. The Hall–Kier alpha value is -4.82. The van der Waals surface area contributed by atoms with E-state index in [-0.39, 0.29) is 5.41 Å². The van der Waals surface area contributed by atoms with Gasteiger partial charge in [0.15, 0.2) is 11.5 Å². The van der Waals surface area contributed by atoms with Crippen molar-refractivity contribution >= 4 is 22.6 Å². The van der Waals surface area contributed by atoms with Crippen LogP contribution in [0, 0.1) is 19.8 Å². The van der Waals surface area contributed by atoms with Crippen molar-refractivity contribution in [3.63, 3.8) is 0 Å². The molecule has 4 aliphatic rings. The number of anilines is 3. The molecule has 42 heavy (non-hydrogen) atoms. The lowest BCUT2D eigenvalue weighted by Gasteiger charge is -2.36. The van der Waals surface area contributed by atoms with Crippen molar-refractivity contribution in [2.24, 2.45) is 5.92 Å². The predicted molar refractivity (Wildman–Crippen MR) is 172 cm³/mol. The summed E-state index contributed by atoms with van der Waals surface area (Å²) in [5.74, 6) is 2.25. The molecule has 1 aliphatic heterocycles. The van der Waals surface area contributed by atoms with Crippen molar-refractivity contribution in [3.05, 3.63) is 154 Å². The molecule has 202 valence electrons. The molecule has 0 aromatic heterocycles. The summed E-state index contributed by atoms with van der Waals surface area (Å²) in [6.07, 6.45) is 5.85. The van der Waals surface area contributed by atoms with Crippen LogP contribution in [0.2, 0.25) is 0 Å². The highest BCUT2D eigenvalue weighted by Crippen LogP contribution is 2.65. The van der Waals surface area contributed by atoms with Crippen molar-refractivity contribution in [2.45, 2.75) is 32.6 Å². The highest BCUT2D eigenvalue weighted by Gasteiger charge is 2.53. The lowest BCUT2D eigenvalue weighted by atomic mass is 9.67. The molecule has 0 amide bonds. The standard InChI is InChI=1S/C40H31NO/c1-24-12-16-28-29-17-13-25(2)21-33(29)40(32(28)20-24)34-22-26(3)14-18-30(34)31-19-15-27(23-35(31)40)41-36-8-4-6-10-38(36)42-39-11-7-5-9-37(39)41/h4-21,23,26H,22H2,1-3H3. The largest absolute Gasteiger partial charge is 0.453 e. The third-order valence-corrected chi connectivity index (χ3v) is 9.73. The first-order chi connectivity index (χ1) is 20.5. The monoisotopic (exact) mass is 541 g/mol. The summed E-state index contributed by atoms with van der Waals surface area (Å²) in [6, 6.07) is 38.1. The van der Waals surface area contributed by atoms with Gasteiger partial charge in [-0.3, -0.25) is 0 Å². The van der Waals surface area contributed by atoms with Gasteiger partial charge in [-0.15, -0.1) is 0 Å². The van der Waals surface area contributed by atoms with Crippen LogP contribution < -0.4 is 9.64 Å². The van der Waals surface area contributed by atoms with Gasteiger partial charge in [0.05, 0.1) is 16.8 Å². The Kier molecular flexibility index (Phi) is 4.75. The van der Waals surface area contributed by atoms with Crippen molar-refractivity contribution in [2.75, 3.05) is 4.90 Å². The molecule has 2 heteroatoms. The van der Waals surface area contributed by atoms with Crippen molar-refractivity contribution < 1.29 is 4.74 Å². The van der Waals surface area contributed by atoms with E-state index in [2.05, 4.69) is 129 Å². The molecule has 0 radical (unpaired) electrons. The van der Waals surface area contributed by atoms with Gasteiger partial charge in [0.25, 0.3) is 0 Å². The third kappa shape index (κ3) is 2.99. The Morgan fingerprint density at radius 1 is 0.667 bits per heavy atom. The van der Waals surface area contributed by atoms with Crippen molar-refractivity contribution in [1.29, 1.82) is 0 Å². The van der Waals surface area contributed by atoms with E-state index in [1.807, 2.05) is 12.1 Å². The van der Waals surface area contributed by atoms with Crippen LogP contribution in [0.1, 0.15) is 46.7 Å². The van der Waals surface area contributed by atoms with Gasteiger partial charge in [0.2, 0.25) is 0 Å². The molecule has 1 unspecified atom stereocenters.